The van der Waals surface area contributed by atoms with Crippen molar-refractivity contribution in [2.24, 2.45) is 0 Å². The van der Waals surface area contributed by atoms with Crippen LogP contribution in [0.5, 0.6) is 17.2 Å². The lowest BCUT2D eigenvalue weighted by Crippen LogP contribution is -2.14. The van der Waals surface area contributed by atoms with E-state index in [1.54, 1.807) is 42.9 Å². The molecule has 0 aliphatic carbocycles. The number of aromatic hydroxyl groups is 2. The Morgan fingerprint density at radius 2 is 1.85 bits per heavy atom. The number of benzene rings is 2. The molecule has 2 heterocycles. The molecule has 0 aliphatic heterocycles. The van der Waals surface area contributed by atoms with Crippen molar-refractivity contribution in [3.8, 4) is 22.9 Å². The molecule has 0 saturated carbocycles. The highest BCUT2D eigenvalue weighted by atomic mass is 35.5. The van der Waals surface area contributed by atoms with Gasteiger partial charge in [0.15, 0.2) is 11.6 Å². The van der Waals surface area contributed by atoms with Gasteiger partial charge in [0.05, 0.1) is 16.5 Å². The van der Waals surface area contributed by atoms with Crippen LogP contribution in [0.25, 0.3) is 16.5 Å². The van der Waals surface area contributed by atoms with E-state index in [4.69, 9.17) is 27.8 Å². The number of hydrogen-bond acceptors (Lipinski definition) is 10. The van der Waals surface area contributed by atoms with E-state index in [-0.39, 0.29) is 23.1 Å². The van der Waals surface area contributed by atoms with Crippen LogP contribution in [0.4, 0.5) is 23.3 Å². The molecular weight excluding hydrogens is 460 g/mol. The Hall–Kier alpha value is -4.09. The van der Waals surface area contributed by atoms with Gasteiger partial charge in [-0.2, -0.15) is 0 Å². The van der Waals surface area contributed by atoms with Gasteiger partial charge in [-0.15, -0.1) is 10.2 Å². The number of nitrogens with zero attached hydrogens (tertiary/aromatic N) is 3. The summed E-state index contributed by atoms with van der Waals surface area (Å²) in [6.45, 7) is 0.605. The van der Waals surface area contributed by atoms with Crippen molar-refractivity contribution in [1.29, 1.82) is 0 Å². The monoisotopic (exact) mass is 484 g/mol. The summed E-state index contributed by atoms with van der Waals surface area (Å²) in [5.41, 5.74) is 13.8. The van der Waals surface area contributed by atoms with Crippen molar-refractivity contribution in [2.75, 3.05) is 42.9 Å². The third-order valence-corrected chi connectivity index (χ3v) is 5.60. The Bertz CT molecular complexity index is 1360. The molecule has 0 unspecified atom stereocenters. The van der Waals surface area contributed by atoms with Gasteiger partial charge in [0.2, 0.25) is 0 Å². The first kappa shape index (κ1) is 23.1. The average Bonchev–Trinajstić information content (AvgIpc) is 3.11. The van der Waals surface area contributed by atoms with E-state index < -0.39 is 0 Å². The molecule has 0 atom stereocenters. The fraction of sp³-hybridized carbons (Fsp3) is 0.182. The van der Waals surface area contributed by atoms with Crippen molar-refractivity contribution in [2.45, 2.75) is 6.54 Å². The molecule has 34 heavy (non-hydrogen) atoms. The maximum atomic E-state index is 10.7. The van der Waals surface area contributed by atoms with E-state index in [1.807, 2.05) is 0 Å². The zero-order chi connectivity index (χ0) is 24.4. The van der Waals surface area contributed by atoms with Crippen molar-refractivity contribution in [3.05, 3.63) is 47.0 Å². The highest BCUT2D eigenvalue weighted by Gasteiger charge is 2.24. The number of phenols is 2. The Labute approximate surface area is 200 Å². The number of nitrogens with two attached hydrogens (primary N) is 2. The molecule has 0 fully saturated rings. The maximum absolute atomic E-state index is 10.7. The van der Waals surface area contributed by atoms with Crippen LogP contribution in [0.2, 0.25) is 5.02 Å². The van der Waals surface area contributed by atoms with Crippen LogP contribution in [0.15, 0.2) is 36.4 Å². The number of halogens is 1. The molecule has 0 amide bonds. The summed E-state index contributed by atoms with van der Waals surface area (Å²) in [5, 5.41) is 39.3. The summed E-state index contributed by atoms with van der Waals surface area (Å²) in [5.74, 6) is 1.91. The molecule has 9 N–H and O–H groups in total. The minimum Gasteiger partial charge on any atom is -0.508 e. The molecule has 0 spiro atoms. The number of anilines is 4. The van der Waals surface area contributed by atoms with Gasteiger partial charge >= 0.3 is 0 Å². The molecule has 0 bridgehead atoms. The van der Waals surface area contributed by atoms with E-state index in [1.165, 1.54) is 12.1 Å². The minimum atomic E-state index is -0.0398. The van der Waals surface area contributed by atoms with Crippen molar-refractivity contribution in [3.63, 3.8) is 0 Å². The topological polar surface area (TPSA) is 169 Å². The quantitative estimate of drug-likeness (QED) is 0.184. The summed E-state index contributed by atoms with van der Waals surface area (Å²) < 4.78 is 7.14. The molecule has 4 rings (SSSR count). The lowest BCUT2D eigenvalue weighted by Gasteiger charge is -2.14. The first-order valence-electron chi connectivity index (χ1n) is 10.3. The van der Waals surface area contributed by atoms with Gasteiger partial charge in [0, 0.05) is 24.7 Å². The standard InChI is InChI=1S/C22H25ClN8O3/c1-26-10-34-13-5-6-15(16(33)8-13)31-20(25)17-18(22(31)27-2)21(30-29-19(17)24)28-9-11-3-4-12(32)7-14(11)23/h3-8,26-27,32-33H,9-10,25H2,1-2H3,(H2,24,29)(H,28,30). The summed E-state index contributed by atoms with van der Waals surface area (Å²) in [7, 11) is 3.48. The van der Waals surface area contributed by atoms with Crippen LogP contribution in [0.1, 0.15) is 5.56 Å². The highest BCUT2D eigenvalue weighted by Crippen LogP contribution is 2.43. The second-order valence-corrected chi connectivity index (χ2v) is 7.83. The second kappa shape index (κ2) is 9.41. The van der Waals surface area contributed by atoms with Crippen molar-refractivity contribution in [1.82, 2.24) is 20.1 Å². The Morgan fingerprint density at radius 1 is 1.06 bits per heavy atom. The van der Waals surface area contributed by atoms with Crippen LogP contribution in [0.3, 0.4) is 0 Å². The first-order valence-corrected chi connectivity index (χ1v) is 10.7. The SMILES string of the molecule is CNCOc1ccc(-n2c(N)c3c(N)nnc(NCc4ccc(O)cc4Cl)c3c2NC)c(O)c1. The van der Waals surface area contributed by atoms with Crippen LogP contribution in [0, 0.1) is 0 Å². The summed E-state index contributed by atoms with van der Waals surface area (Å²) in [6.07, 6.45) is 0. The highest BCUT2D eigenvalue weighted by molar-refractivity contribution is 6.31. The molecule has 2 aromatic heterocycles. The molecule has 178 valence electrons. The number of nitrogens with one attached hydrogen (secondary N) is 3. The van der Waals surface area contributed by atoms with Crippen LogP contribution < -0.4 is 32.2 Å². The molecule has 2 aromatic carbocycles. The Morgan fingerprint density at radius 3 is 2.53 bits per heavy atom. The van der Waals surface area contributed by atoms with Gasteiger partial charge in [-0.25, -0.2) is 0 Å². The summed E-state index contributed by atoms with van der Waals surface area (Å²) in [6, 6.07) is 9.64. The Kier molecular flexibility index (Phi) is 6.39. The minimum absolute atomic E-state index is 0.0398. The molecule has 4 aromatic rings. The lowest BCUT2D eigenvalue weighted by molar-refractivity contribution is 0.294. The van der Waals surface area contributed by atoms with Gasteiger partial charge in [0.1, 0.15) is 35.6 Å². The van der Waals surface area contributed by atoms with Gasteiger partial charge in [-0.05, 0) is 36.9 Å². The van der Waals surface area contributed by atoms with Crippen molar-refractivity contribution >= 4 is 45.6 Å². The van der Waals surface area contributed by atoms with E-state index >= 15 is 0 Å². The zero-order valence-electron chi connectivity index (χ0n) is 18.6. The first-order chi connectivity index (χ1) is 16.3. The fourth-order valence-electron chi connectivity index (χ4n) is 3.69. The van der Waals surface area contributed by atoms with Gasteiger partial charge in [0.25, 0.3) is 0 Å². The van der Waals surface area contributed by atoms with Crippen LogP contribution in [-0.4, -0.2) is 45.8 Å². The second-order valence-electron chi connectivity index (χ2n) is 7.43. The normalized spacial score (nSPS) is 11.0. The molecular formula is C22H25ClN8O3. The number of rotatable bonds is 8. The van der Waals surface area contributed by atoms with Crippen LogP contribution >= 0.6 is 11.6 Å². The van der Waals surface area contributed by atoms with Crippen LogP contribution in [-0.2, 0) is 6.54 Å². The molecule has 11 nitrogen and oxygen atoms in total. The molecule has 0 saturated heterocycles. The van der Waals surface area contributed by atoms with Gasteiger partial charge < -0.3 is 37.1 Å². The fourth-order valence-corrected chi connectivity index (χ4v) is 3.93. The molecule has 12 heteroatoms. The summed E-state index contributed by atoms with van der Waals surface area (Å²) >= 11 is 6.23. The number of hydrogen-bond donors (Lipinski definition) is 7. The number of ether oxygens (including phenoxy) is 1. The molecule has 0 aliphatic rings. The van der Waals surface area contributed by atoms with E-state index in [9.17, 15) is 10.2 Å². The van der Waals surface area contributed by atoms with E-state index in [0.717, 1.165) is 5.56 Å². The number of nitrogen functional groups attached to an aromatic ring is 2. The van der Waals surface area contributed by atoms with Gasteiger partial charge in [-0.1, -0.05) is 17.7 Å². The summed E-state index contributed by atoms with van der Waals surface area (Å²) in [4.78, 5) is 0. The number of aromatic nitrogens is 3. The van der Waals surface area contributed by atoms with E-state index in [0.29, 0.717) is 52.1 Å². The smallest absolute Gasteiger partial charge is 0.160 e. The molecule has 0 radical (unpaired) electrons. The van der Waals surface area contributed by atoms with Gasteiger partial charge in [-0.3, -0.25) is 9.88 Å². The number of fused-ring (bicyclic) bond motifs is 1. The number of phenolic OH excluding ortho intramolecular Hbond substituents is 2. The van der Waals surface area contributed by atoms with Crippen molar-refractivity contribution < 1.29 is 14.9 Å². The Balaban J connectivity index is 1.81. The van der Waals surface area contributed by atoms with E-state index in [2.05, 4.69) is 26.1 Å². The largest absolute Gasteiger partial charge is 0.508 e. The lowest BCUT2D eigenvalue weighted by atomic mass is 10.2. The maximum Gasteiger partial charge on any atom is 0.160 e. The third-order valence-electron chi connectivity index (χ3n) is 5.25. The predicted octanol–water partition coefficient (Wildman–Crippen LogP) is 2.86. The average molecular weight is 485 g/mol. The predicted molar refractivity (Wildman–Crippen MR) is 134 cm³/mol. The third kappa shape index (κ3) is 4.14. The zero-order valence-corrected chi connectivity index (χ0v) is 19.3.